The number of pyridine rings is 1. The highest BCUT2D eigenvalue weighted by Crippen LogP contribution is 2.16. The van der Waals surface area contributed by atoms with Gasteiger partial charge in [0.1, 0.15) is 11.8 Å². The number of hydrogen-bond acceptors (Lipinski definition) is 4. The first-order valence-corrected chi connectivity index (χ1v) is 11.0. The molecule has 1 unspecified atom stereocenters. The Kier molecular flexibility index (Phi) is 6.52. The Hall–Kier alpha value is -2.61. The fraction of sp³-hybridized carbons (Fsp3) is 0.591. The van der Waals surface area contributed by atoms with Crippen LogP contribution < -0.4 is 5.32 Å². The molecule has 30 heavy (non-hydrogen) atoms. The van der Waals surface area contributed by atoms with Gasteiger partial charge in [0.15, 0.2) is 5.96 Å². The van der Waals surface area contributed by atoms with Crippen LogP contribution in [-0.4, -0.2) is 83.0 Å². The van der Waals surface area contributed by atoms with Crippen molar-refractivity contribution in [2.75, 3.05) is 45.9 Å². The molecule has 2 aliphatic heterocycles. The maximum atomic E-state index is 12.6. The van der Waals surface area contributed by atoms with E-state index >= 15 is 0 Å². The summed E-state index contributed by atoms with van der Waals surface area (Å²) >= 11 is 0. The molecular formula is C22H32N6O2. The Morgan fingerprint density at radius 3 is 2.80 bits per heavy atom. The van der Waals surface area contributed by atoms with Crippen LogP contribution in [-0.2, 0) is 16.0 Å². The van der Waals surface area contributed by atoms with E-state index in [0.29, 0.717) is 13.2 Å². The number of aryl methyl sites for hydroxylation is 1. The molecule has 0 aliphatic carbocycles. The molecule has 8 heteroatoms. The lowest BCUT2D eigenvalue weighted by molar-refractivity contribution is -0.142. The maximum absolute atomic E-state index is 12.6. The third-order valence-electron chi connectivity index (χ3n) is 5.79. The number of nitrogens with one attached hydrogen (secondary N) is 1. The molecular weight excluding hydrogens is 380 g/mol. The number of ether oxygens (including phenoxy) is 1. The van der Waals surface area contributed by atoms with E-state index in [4.69, 9.17) is 14.7 Å². The Labute approximate surface area is 177 Å². The fourth-order valence-corrected chi connectivity index (χ4v) is 4.14. The minimum absolute atomic E-state index is 0.149. The van der Waals surface area contributed by atoms with E-state index in [9.17, 15) is 4.79 Å². The monoisotopic (exact) mass is 412 g/mol. The van der Waals surface area contributed by atoms with Crippen LogP contribution in [0.1, 0.15) is 31.0 Å². The summed E-state index contributed by atoms with van der Waals surface area (Å²) in [4.78, 5) is 26.3. The van der Waals surface area contributed by atoms with Gasteiger partial charge in [-0.25, -0.2) is 4.98 Å². The number of guanidine groups is 1. The molecule has 162 valence electrons. The quantitative estimate of drug-likeness (QED) is 0.595. The van der Waals surface area contributed by atoms with Gasteiger partial charge < -0.3 is 24.3 Å². The third-order valence-corrected chi connectivity index (χ3v) is 5.79. The van der Waals surface area contributed by atoms with Crippen molar-refractivity contribution >= 4 is 17.5 Å². The molecule has 0 bridgehead atoms. The summed E-state index contributed by atoms with van der Waals surface area (Å²) in [5, 5.41) is 3.40. The normalized spacial score (nSPS) is 20.2. The number of rotatable bonds is 5. The molecule has 2 aromatic heterocycles. The molecule has 4 rings (SSSR count). The van der Waals surface area contributed by atoms with E-state index in [1.807, 2.05) is 17.2 Å². The summed E-state index contributed by atoms with van der Waals surface area (Å²) in [7, 11) is 0. The fourth-order valence-electron chi connectivity index (χ4n) is 4.14. The van der Waals surface area contributed by atoms with Crippen LogP contribution in [0.2, 0.25) is 0 Å². The van der Waals surface area contributed by atoms with Gasteiger partial charge in [0.25, 0.3) is 5.91 Å². The number of fused-ring (bicyclic) bond motifs is 1. The van der Waals surface area contributed by atoms with Gasteiger partial charge in [-0.3, -0.25) is 9.79 Å². The number of amides is 1. The molecule has 0 radical (unpaired) electrons. The zero-order chi connectivity index (χ0) is 20.9. The SMILES string of the molecule is CCNC(=NCCc1cn2cccc(C)c2n1)N1CCN(C(=O)C2CCCO2)CC1. The van der Waals surface area contributed by atoms with Gasteiger partial charge in [-0.2, -0.15) is 0 Å². The Morgan fingerprint density at radius 2 is 2.10 bits per heavy atom. The molecule has 2 saturated heterocycles. The molecule has 2 aliphatic rings. The number of hydrogen-bond donors (Lipinski definition) is 1. The molecule has 4 heterocycles. The van der Waals surface area contributed by atoms with Crippen molar-refractivity contribution in [2.45, 2.75) is 39.2 Å². The van der Waals surface area contributed by atoms with Gasteiger partial charge in [-0.15, -0.1) is 0 Å². The Morgan fingerprint density at radius 1 is 1.30 bits per heavy atom. The zero-order valence-electron chi connectivity index (χ0n) is 18.0. The number of aromatic nitrogens is 2. The average Bonchev–Trinajstić information content (AvgIpc) is 3.43. The second-order valence-electron chi connectivity index (χ2n) is 7.95. The minimum Gasteiger partial charge on any atom is -0.368 e. The van der Waals surface area contributed by atoms with E-state index in [1.54, 1.807) is 0 Å². The van der Waals surface area contributed by atoms with Crippen molar-refractivity contribution < 1.29 is 9.53 Å². The van der Waals surface area contributed by atoms with Crippen LogP contribution in [0.3, 0.4) is 0 Å². The number of piperazine rings is 1. The average molecular weight is 413 g/mol. The molecule has 1 N–H and O–H groups in total. The summed E-state index contributed by atoms with van der Waals surface area (Å²) < 4.78 is 7.63. The highest BCUT2D eigenvalue weighted by atomic mass is 16.5. The first-order chi connectivity index (χ1) is 14.7. The van der Waals surface area contributed by atoms with Crippen molar-refractivity contribution in [1.82, 2.24) is 24.5 Å². The molecule has 0 aromatic carbocycles. The number of imidazole rings is 1. The van der Waals surface area contributed by atoms with Gasteiger partial charge in [0, 0.05) is 64.7 Å². The third kappa shape index (κ3) is 4.59. The van der Waals surface area contributed by atoms with E-state index in [-0.39, 0.29) is 12.0 Å². The highest BCUT2D eigenvalue weighted by molar-refractivity contribution is 5.82. The number of carbonyl (C=O) groups is 1. The van der Waals surface area contributed by atoms with Crippen LogP contribution in [0.15, 0.2) is 29.5 Å². The van der Waals surface area contributed by atoms with E-state index < -0.39 is 0 Å². The van der Waals surface area contributed by atoms with Crippen molar-refractivity contribution in [1.29, 1.82) is 0 Å². The summed E-state index contributed by atoms with van der Waals surface area (Å²) in [6.45, 7) is 9.38. The number of carbonyl (C=O) groups excluding carboxylic acids is 1. The van der Waals surface area contributed by atoms with Gasteiger partial charge in [-0.05, 0) is 38.3 Å². The largest absolute Gasteiger partial charge is 0.368 e. The molecule has 8 nitrogen and oxygen atoms in total. The van der Waals surface area contributed by atoms with Crippen LogP contribution in [0.4, 0.5) is 0 Å². The van der Waals surface area contributed by atoms with Crippen molar-refractivity contribution in [2.24, 2.45) is 4.99 Å². The van der Waals surface area contributed by atoms with Gasteiger partial charge in [-0.1, -0.05) is 6.07 Å². The molecule has 1 atom stereocenters. The number of aliphatic imine (C=N–C) groups is 1. The Bertz CT molecular complexity index is 894. The van der Waals surface area contributed by atoms with E-state index in [0.717, 1.165) is 69.3 Å². The predicted molar refractivity (Wildman–Crippen MR) is 117 cm³/mol. The minimum atomic E-state index is -0.229. The smallest absolute Gasteiger partial charge is 0.251 e. The lowest BCUT2D eigenvalue weighted by Gasteiger charge is -2.37. The van der Waals surface area contributed by atoms with Gasteiger partial charge in [0.05, 0.1) is 5.69 Å². The number of nitrogens with zero attached hydrogens (tertiary/aromatic N) is 5. The standard InChI is InChI=1S/C22H32N6O2/c1-3-23-22(24-9-8-18-16-28-10-4-6-17(2)20(28)25-18)27-13-11-26(12-14-27)21(29)19-7-5-15-30-19/h4,6,10,16,19H,3,5,7-9,11-15H2,1-2H3,(H,23,24). The van der Waals surface area contributed by atoms with Crippen LogP contribution in [0.25, 0.3) is 5.65 Å². The first-order valence-electron chi connectivity index (χ1n) is 11.0. The molecule has 0 spiro atoms. The van der Waals surface area contributed by atoms with Crippen LogP contribution in [0, 0.1) is 6.92 Å². The predicted octanol–water partition coefficient (Wildman–Crippen LogP) is 1.47. The molecule has 2 fully saturated rings. The molecule has 1 amide bonds. The second kappa shape index (κ2) is 9.47. The summed E-state index contributed by atoms with van der Waals surface area (Å²) in [6.07, 6.45) is 6.52. The summed E-state index contributed by atoms with van der Waals surface area (Å²) in [5.74, 6) is 1.07. The lowest BCUT2D eigenvalue weighted by Crippen LogP contribution is -2.55. The highest BCUT2D eigenvalue weighted by Gasteiger charge is 2.30. The Balaban J connectivity index is 1.33. The second-order valence-corrected chi connectivity index (χ2v) is 7.95. The first kappa shape index (κ1) is 20.7. The maximum Gasteiger partial charge on any atom is 0.251 e. The molecule has 0 saturated carbocycles. The summed E-state index contributed by atoms with van der Waals surface area (Å²) in [6, 6.07) is 4.12. The van der Waals surface area contributed by atoms with Crippen LogP contribution in [0.5, 0.6) is 0 Å². The van der Waals surface area contributed by atoms with E-state index in [1.165, 1.54) is 5.56 Å². The van der Waals surface area contributed by atoms with Crippen molar-refractivity contribution in [3.05, 3.63) is 35.8 Å². The van der Waals surface area contributed by atoms with E-state index in [2.05, 4.69) is 40.7 Å². The zero-order valence-corrected chi connectivity index (χ0v) is 18.0. The van der Waals surface area contributed by atoms with Gasteiger partial charge in [0.2, 0.25) is 0 Å². The van der Waals surface area contributed by atoms with Crippen molar-refractivity contribution in [3.8, 4) is 0 Å². The van der Waals surface area contributed by atoms with Crippen molar-refractivity contribution in [3.63, 3.8) is 0 Å². The molecule has 2 aromatic rings. The van der Waals surface area contributed by atoms with Crippen LogP contribution >= 0.6 is 0 Å². The lowest BCUT2D eigenvalue weighted by atomic mass is 10.2. The topological polar surface area (TPSA) is 74.5 Å². The summed E-state index contributed by atoms with van der Waals surface area (Å²) in [5.41, 5.74) is 3.24. The van der Waals surface area contributed by atoms with Gasteiger partial charge >= 0.3 is 0 Å².